The fourth-order valence-electron chi connectivity index (χ4n) is 7.40. The molecule has 0 unspecified atom stereocenters. The molecule has 1 aliphatic carbocycles. The van der Waals surface area contributed by atoms with E-state index in [0.29, 0.717) is 0 Å². The summed E-state index contributed by atoms with van der Waals surface area (Å²) in [5, 5.41) is 5.53. The Morgan fingerprint density at radius 2 is 0.952 bits per heavy atom. The van der Waals surface area contributed by atoms with Crippen LogP contribution in [-0.4, -0.2) is 0 Å². The SMILES string of the molecule is CCc1ccccc1-c1cccc2[cH-]c(C3(c4cc5c(-c6ccccc6CC)cccc5[cH-]4)CCCC3)cc12.[CH3-].[CH3-].[Hf+4]. The molecule has 0 N–H and O–H groups in total. The summed E-state index contributed by atoms with van der Waals surface area (Å²) >= 11 is 0. The van der Waals surface area contributed by atoms with Crippen molar-refractivity contribution in [2.45, 2.75) is 57.8 Å². The Labute approximate surface area is 272 Å². The molecule has 0 atom stereocenters. The van der Waals surface area contributed by atoms with E-state index in [-0.39, 0.29) is 46.1 Å². The fourth-order valence-corrected chi connectivity index (χ4v) is 7.40. The largest absolute Gasteiger partial charge is 4.00 e. The predicted molar refractivity (Wildman–Crippen MR) is 181 cm³/mol. The van der Waals surface area contributed by atoms with E-state index in [1.165, 1.54) is 91.7 Å². The van der Waals surface area contributed by atoms with E-state index in [9.17, 15) is 0 Å². The van der Waals surface area contributed by atoms with E-state index in [2.05, 4.69) is 123 Å². The van der Waals surface area contributed by atoms with Gasteiger partial charge in [0.2, 0.25) is 0 Å². The van der Waals surface area contributed by atoms with E-state index in [0.717, 1.165) is 12.8 Å². The quantitative estimate of drug-likeness (QED) is 0.119. The second-order valence-electron chi connectivity index (χ2n) is 11.4. The van der Waals surface area contributed by atoms with Crippen LogP contribution in [0, 0.1) is 14.9 Å². The van der Waals surface area contributed by atoms with Crippen molar-refractivity contribution in [3.63, 3.8) is 0 Å². The van der Waals surface area contributed by atoms with Gasteiger partial charge in [-0.05, 0) is 53.4 Å². The van der Waals surface area contributed by atoms with Crippen molar-refractivity contribution in [1.82, 2.24) is 0 Å². The molecule has 1 saturated carbocycles. The van der Waals surface area contributed by atoms with Crippen molar-refractivity contribution in [3.8, 4) is 22.3 Å². The van der Waals surface area contributed by atoms with Crippen LogP contribution >= 0.6 is 0 Å². The van der Waals surface area contributed by atoms with Crippen LogP contribution in [0.2, 0.25) is 0 Å². The minimum absolute atomic E-state index is 0. The van der Waals surface area contributed by atoms with Gasteiger partial charge in [0.25, 0.3) is 0 Å². The van der Waals surface area contributed by atoms with Crippen LogP contribution in [0.1, 0.15) is 61.8 Å². The summed E-state index contributed by atoms with van der Waals surface area (Å²) in [6.07, 6.45) is 7.13. The Morgan fingerprint density at radius 3 is 1.38 bits per heavy atom. The van der Waals surface area contributed by atoms with E-state index in [1.807, 2.05) is 0 Å². The van der Waals surface area contributed by atoms with Crippen molar-refractivity contribution in [3.05, 3.63) is 146 Å². The minimum Gasteiger partial charge on any atom is -0.358 e. The van der Waals surface area contributed by atoms with Crippen LogP contribution in [0.5, 0.6) is 0 Å². The van der Waals surface area contributed by atoms with Crippen LogP contribution in [0.25, 0.3) is 43.8 Å². The van der Waals surface area contributed by atoms with Crippen molar-refractivity contribution < 1.29 is 25.8 Å². The first-order valence-corrected chi connectivity index (χ1v) is 14.8. The first-order valence-electron chi connectivity index (χ1n) is 14.8. The van der Waals surface area contributed by atoms with Crippen LogP contribution in [0.3, 0.4) is 0 Å². The molecule has 6 aromatic carbocycles. The molecule has 0 radical (unpaired) electrons. The molecule has 0 amide bonds. The minimum atomic E-state index is 0. The van der Waals surface area contributed by atoms with Gasteiger partial charge in [-0.25, -0.2) is 0 Å². The maximum Gasteiger partial charge on any atom is 4.00 e. The van der Waals surface area contributed by atoms with E-state index in [4.69, 9.17) is 0 Å². The monoisotopic (exact) mass is 714 g/mol. The van der Waals surface area contributed by atoms with Gasteiger partial charge in [0.15, 0.2) is 0 Å². The molecule has 0 saturated heterocycles. The van der Waals surface area contributed by atoms with Crippen LogP contribution in [-0.2, 0) is 44.1 Å². The molecular weight excluding hydrogens is 671 g/mol. The average Bonchev–Trinajstić information content (AvgIpc) is 3.75. The smallest absolute Gasteiger partial charge is 0.358 e. The molecule has 0 heterocycles. The number of fused-ring (bicyclic) bond motifs is 2. The van der Waals surface area contributed by atoms with Crippen LogP contribution < -0.4 is 0 Å². The van der Waals surface area contributed by atoms with Crippen LogP contribution in [0.15, 0.2) is 109 Å². The number of hydrogen-bond acceptors (Lipinski definition) is 0. The van der Waals surface area contributed by atoms with Gasteiger partial charge >= 0.3 is 25.8 Å². The van der Waals surface area contributed by atoms with Gasteiger partial charge in [-0.2, -0.15) is 12.1 Å². The summed E-state index contributed by atoms with van der Waals surface area (Å²) in [4.78, 5) is 0. The molecule has 1 aliphatic rings. The zero-order valence-electron chi connectivity index (χ0n) is 25.6. The molecule has 1 fully saturated rings. The third-order valence-corrected chi connectivity index (χ3v) is 9.44. The summed E-state index contributed by atoms with van der Waals surface area (Å²) in [5.74, 6) is 0. The Hall–Kier alpha value is -3.03. The number of hydrogen-bond donors (Lipinski definition) is 0. The molecule has 0 bridgehead atoms. The molecular formula is C41H42Hf. The first-order chi connectivity index (χ1) is 19.2. The van der Waals surface area contributed by atoms with Crippen molar-refractivity contribution in [2.75, 3.05) is 0 Å². The van der Waals surface area contributed by atoms with E-state index in [1.54, 1.807) is 0 Å². The number of aryl methyl sites for hydroxylation is 2. The molecule has 1 heteroatoms. The fraction of sp³-hybridized carbons (Fsp3) is 0.220. The third-order valence-electron chi connectivity index (χ3n) is 9.44. The van der Waals surface area contributed by atoms with Crippen molar-refractivity contribution in [2.24, 2.45) is 0 Å². The average molecular weight is 713 g/mol. The molecule has 0 spiro atoms. The van der Waals surface area contributed by atoms with Gasteiger partial charge in [0, 0.05) is 0 Å². The van der Waals surface area contributed by atoms with Gasteiger partial charge in [0.05, 0.1) is 0 Å². The van der Waals surface area contributed by atoms with Gasteiger partial charge in [-0.1, -0.05) is 98.5 Å². The normalized spacial score (nSPS) is 13.9. The maximum atomic E-state index is 2.54. The summed E-state index contributed by atoms with van der Waals surface area (Å²) in [6.45, 7) is 4.52. The summed E-state index contributed by atoms with van der Waals surface area (Å²) in [6, 6.07) is 41.6. The molecule has 7 rings (SSSR count). The molecule has 42 heavy (non-hydrogen) atoms. The van der Waals surface area contributed by atoms with Crippen molar-refractivity contribution >= 4 is 21.5 Å². The van der Waals surface area contributed by atoms with Crippen molar-refractivity contribution in [1.29, 1.82) is 0 Å². The van der Waals surface area contributed by atoms with Gasteiger partial charge < -0.3 is 14.9 Å². The zero-order valence-corrected chi connectivity index (χ0v) is 29.2. The zero-order chi connectivity index (χ0) is 26.4. The molecule has 210 valence electrons. The third kappa shape index (κ3) is 5.19. The predicted octanol–water partition coefficient (Wildman–Crippen LogP) is 11.6. The second-order valence-corrected chi connectivity index (χ2v) is 11.4. The Bertz CT molecular complexity index is 1660. The van der Waals surface area contributed by atoms with Crippen LogP contribution in [0.4, 0.5) is 0 Å². The molecule has 6 aromatic rings. The van der Waals surface area contributed by atoms with Gasteiger partial charge in [-0.15, -0.1) is 69.1 Å². The summed E-state index contributed by atoms with van der Waals surface area (Å²) < 4.78 is 0. The molecule has 0 aromatic heterocycles. The molecule has 0 nitrogen and oxygen atoms in total. The van der Waals surface area contributed by atoms with Gasteiger partial charge in [-0.3, -0.25) is 0 Å². The Balaban J connectivity index is 0.00000135. The summed E-state index contributed by atoms with van der Waals surface area (Å²) in [5.41, 5.74) is 11.4. The topological polar surface area (TPSA) is 0 Å². The van der Waals surface area contributed by atoms with E-state index >= 15 is 0 Å². The first kappa shape index (κ1) is 31.9. The van der Waals surface area contributed by atoms with Gasteiger partial charge in [0.1, 0.15) is 0 Å². The number of benzene rings is 4. The Kier molecular flexibility index (Phi) is 9.94. The van der Waals surface area contributed by atoms with E-state index < -0.39 is 0 Å². The maximum absolute atomic E-state index is 2.54. The Morgan fingerprint density at radius 1 is 0.548 bits per heavy atom. The second kappa shape index (κ2) is 13.1. The summed E-state index contributed by atoms with van der Waals surface area (Å²) in [7, 11) is 0. The number of rotatable bonds is 6. The molecule has 0 aliphatic heterocycles. The standard InChI is InChI=1S/C39H36.2CH3.Hf/c1-3-27-13-5-7-17-33(27)35-19-11-15-29-23-31(25-37(29)35)39(21-9-10-22-39)32-24-30-16-12-20-36(38(30)26-32)34-18-8-6-14-28(34)4-2;;;/h5-8,11-20,23-26H,3-4,9-10,21-22H2,1-2H3;2*1H3;/q-2;2*-1;+4.